The molecule has 4 aliphatic rings. The zero-order valence-electron chi connectivity index (χ0n) is 36.7. The van der Waals surface area contributed by atoms with Crippen LogP contribution in [-0.4, -0.2) is 146 Å². The van der Waals surface area contributed by atoms with Crippen molar-refractivity contribution in [1.29, 1.82) is 0 Å². The van der Waals surface area contributed by atoms with E-state index >= 15 is 0 Å². The van der Waals surface area contributed by atoms with E-state index in [4.69, 9.17) is 9.47 Å². The molecule has 3 aromatic rings. The van der Waals surface area contributed by atoms with Gasteiger partial charge < -0.3 is 34.8 Å². The molecule has 5 heterocycles. The van der Waals surface area contributed by atoms with Gasteiger partial charge >= 0.3 is 0 Å². The second kappa shape index (κ2) is 22.9. The molecular formula is C48H58N8O9. The molecule has 1 aromatic heterocycles. The maximum atomic E-state index is 13.3. The molecule has 0 aliphatic carbocycles. The molecule has 0 radical (unpaired) electrons. The summed E-state index contributed by atoms with van der Waals surface area (Å²) in [7, 11) is 0. The van der Waals surface area contributed by atoms with Crippen LogP contribution in [0.25, 0.3) is 6.08 Å². The zero-order chi connectivity index (χ0) is 45.5. The second-order valence-electron chi connectivity index (χ2n) is 16.6. The monoisotopic (exact) mass is 890 g/mol. The third-order valence-corrected chi connectivity index (χ3v) is 12.3. The summed E-state index contributed by atoms with van der Waals surface area (Å²) in [5.41, 5.74) is 3.45. The van der Waals surface area contributed by atoms with E-state index in [0.29, 0.717) is 76.3 Å². The van der Waals surface area contributed by atoms with Crippen LogP contribution in [0, 0.1) is 5.92 Å². The van der Waals surface area contributed by atoms with Gasteiger partial charge in [0.25, 0.3) is 17.7 Å². The van der Waals surface area contributed by atoms with Crippen molar-refractivity contribution < 1.29 is 43.0 Å². The fourth-order valence-electron chi connectivity index (χ4n) is 8.67. The number of rotatable bonds is 20. The number of likely N-dealkylation sites (tertiary alicyclic amines) is 1. The number of pyridine rings is 1. The molecule has 7 rings (SSSR count). The Balaban J connectivity index is 0.711. The van der Waals surface area contributed by atoms with Crippen molar-refractivity contribution in [2.75, 3.05) is 89.0 Å². The summed E-state index contributed by atoms with van der Waals surface area (Å²) in [4.78, 5) is 99.6. The second-order valence-corrected chi connectivity index (χ2v) is 16.6. The van der Waals surface area contributed by atoms with Crippen LogP contribution in [0.1, 0.15) is 88.0 Å². The van der Waals surface area contributed by atoms with E-state index in [2.05, 4.69) is 25.8 Å². The smallest absolute Gasteiger partial charge is 0.264 e. The van der Waals surface area contributed by atoms with E-state index < -0.39 is 29.7 Å². The molecule has 17 heteroatoms. The first kappa shape index (κ1) is 46.5. The van der Waals surface area contributed by atoms with Crippen molar-refractivity contribution >= 4 is 58.8 Å². The highest BCUT2D eigenvalue weighted by Crippen LogP contribution is 2.32. The number of nitrogens with zero attached hydrogens (tertiary/aromatic N) is 5. The Kier molecular flexibility index (Phi) is 16.4. The van der Waals surface area contributed by atoms with Gasteiger partial charge in [0, 0.05) is 94.2 Å². The summed E-state index contributed by atoms with van der Waals surface area (Å²) < 4.78 is 11.3. The Morgan fingerprint density at radius 3 is 2.29 bits per heavy atom. The largest absolute Gasteiger partial charge is 0.382 e. The number of carbonyl (C=O) groups is 7. The lowest BCUT2D eigenvalue weighted by molar-refractivity contribution is -0.136. The Hall–Kier alpha value is -6.46. The molecule has 2 aromatic carbocycles. The molecule has 344 valence electrons. The first-order valence-corrected chi connectivity index (χ1v) is 22.7. The number of amides is 7. The fraction of sp³-hybridized carbons (Fsp3) is 0.458. The fourth-order valence-corrected chi connectivity index (χ4v) is 8.67. The quantitative estimate of drug-likeness (QED) is 0.0849. The number of ether oxygens (including phenoxy) is 2. The first-order valence-electron chi connectivity index (χ1n) is 22.7. The van der Waals surface area contributed by atoms with Crippen LogP contribution in [0.2, 0.25) is 0 Å². The van der Waals surface area contributed by atoms with Crippen LogP contribution >= 0.6 is 0 Å². The molecule has 0 spiro atoms. The van der Waals surface area contributed by atoms with Crippen LogP contribution in [0.5, 0.6) is 0 Å². The average molecular weight is 891 g/mol. The molecule has 4 aliphatic heterocycles. The third kappa shape index (κ3) is 12.4. The van der Waals surface area contributed by atoms with Crippen LogP contribution in [0.3, 0.4) is 0 Å². The normalized spacial score (nSPS) is 18.0. The number of unbranched alkanes of at least 4 members (excludes halogenated alkanes) is 1. The Morgan fingerprint density at radius 1 is 0.785 bits per heavy atom. The SMILES string of the molecule is O=C(/C=C/c1cccnc1)NCCCCC1CCN(C(=O)c2ccc(N3CCN(C(=O)CCOCCOCCNc4cccc5c4C(=O)N(C4CCC(=O)NC4=O)C5=O)CC3)cc2)CC1. The Bertz CT molecular complexity index is 2200. The molecule has 17 nitrogen and oxygen atoms in total. The van der Waals surface area contributed by atoms with Gasteiger partial charge in [0.1, 0.15) is 6.04 Å². The summed E-state index contributed by atoms with van der Waals surface area (Å²) in [5.74, 6) is -1.64. The molecule has 3 fully saturated rings. The number of piperidine rings is 2. The lowest BCUT2D eigenvalue weighted by atomic mass is 9.91. The minimum absolute atomic E-state index is 0.0358. The van der Waals surface area contributed by atoms with Crippen molar-refractivity contribution in [2.45, 2.75) is 57.4 Å². The lowest BCUT2D eigenvalue weighted by Crippen LogP contribution is -2.54. The van der Waals surface area contributed by atoms with Gasteiger partial charge in [-0.05, 0) is 85.7 Å². The number of anilines is 2. The number of fused-ring (bicyclic) bond motifs is 1. The molecule has 0 saturated carbocycles. The Morgan fingerprint density at radius 2 is 1.55 bits per heavy atom. The van der Waals surface area contributed by atoms with Crippen molar-refractivity contribution in [2.24, 2.45) is 5.92 Å². The highest BCUT2D eigenvalue weighted by Gasteiger charge is 2.45. The molecule has 65 heavy (non-hydrogen) atoms. The van der Waals surface area contributed by atoms with Crippen molar-refractivity contribution in [3.8, 4) is 0 Å². The maximum absolute atomic E-state index is 13.3. The minimum atomic E-state index is -1.03. The number of aromatic nitrogens is 1. The number of hydrogen-bond acceptors (Lipinski definition) is 12. The van der Waals surface area contributed by atoms with E-state index in [1.54, 1.807) is 36.7 Å². The number of hydrogen-bond donors (Lipinski definition) is 3. The Labute approximate surface area is 378 Å². The van der Waals surface area contributed by atoms with Crippen LogP contribution in [0.4, 0.5) is 11.4 Å². The first-order chi connectivity index (χ1) is 31.7. The average Bonchev–Trinajstić information content (AvgIpc) is 3.59. The summed E-state index contributed by atoms with van der Waals surface area (Å²) in [6, 6.07) is 15.4. The highest BCUT2D eigenvalue weighted by molar-refractivity contribution is 6.25. The van der Waals surface area contributed by atoms with Gasteiger partial charge in [0.05, 0.1) is 44.0 Å². The van der Waals surface area contributed by atoms with E-state index in [9.17, 15) is 33.6 Å². The number of benzene rings is 2. The molecule has 1 atom stereocenters. The van der Waals surface area contributed by atoms with Crippen molar-refractivity contribution in [1.82, 2.24) is 30.3 Å². The van der Waals surface area contributed by atoms with Gasteiger partial charge in [-0.2, -0.15) is 0 Å². The molecular weight excluding hydrogens is 833 g/mol. The van der Waals surface area contributed by atoms with E-state index in [1.807, 2.05) is 46.2 Å². The third-order valence-electron chi connectivity index (χ3n) is 12.3. The summed E-state index contributed by atoms with van der Waals surface area (Å²) in [5, 5.41) is 8.29. The van der Waals surface area contributed by atoms with Crippen molar-refractivity contribution in [3.63, 3.8) is 0 Å². The van der Waals surface area contributed by atoms with E-state index in [0.717, 1.165) is 61.3 Å². The number of piperazine rings is 1. The highest BCUT2D eigenvalue weighted by atomic mass is 16.5. The number of imide groups is 2. The van der Waals surface area contributed by atoms with Gasteiger partial charge in [0.15, 0.2) is 0 Å². The summed E-state index contributed by atoms with van der Waals surface area (Å²) in [6.45, 7) is 6.27. The van der Waals surface area contributed by atoms with Crippen LogP contribution < -0.4 is 20.9 Å². The number of carbonyl (C=O) groups excluding carboxylic acids is 7. The molecule has 3 N–H and O–H groups in total. The summed E-state index contributed by atoms with van der Waals surface area (Å²) in [6.07, 6.45) is 12.1. The molecule has 1 unspecified atom stereocenters. The molecule has 3 saturated heterocycles. The van der Waals surface area contributed by atoms with Crippen LogP contribution in [-0.2, 0) is 28.7 Å². The topological polar surface area (TPSA) is 200 Å². The van der Waals surface area contributed by atoms with E-state index in [-0.39, 0.29) is 54.7 Å². The van der Waals surface area contributed by atoms with Gasteiger partial charge in [0.2, 0.25) is 23.6 Å². The predicted molar refractivity (Wildman–Crippen MR) is 242 cm³/mol. The minimum Gasteiger partial charge on any atom is -0.382 e. The van der Waals surface area contributed by atoms with Gasteiger partial charge in [-0.1, -0.05) is 25.0 Å². The predicted octanol–water partition coefficient (Wildman–Crippen LogP) is 3.52. The molecule has 0 bridgehead atoms. The molecule has 7 amide bonds. The van der Waals surface area contributed by atoms with Crippen molar-refractivity contribution in [3.05, 3.63) is 95.3 Å². The van der Waals surface area contributed by atoms with Gasteiger partial charge in [-0.15, -0.1) is 0 Å². The van der Waals surface area contributed by atoms with Gasteiger partial charge in [-0.25, -0.2) is 0 Å². The zero-order valence-corrected chi connectivity index (χ0v) is 36.7. The van der Waals surface area contributed by atoms with Crippen LogP contribution in [0.15, 0.2) is 73.1 Å². The number of nitrogens with one attached hydrogen (secondary N) is 3. The van der Waals surface area contributed by atoms with E-state index in [1.165, 1.54) is 6.08 Å². The van der Waals surface area contributed by atoms with Gasteiger partial charge in [-0.3, -0.25) is 48.8 Å². The maximum Gasteiger partial charge on any atom is 0.264 e. The summed E-state index contributed by atoms with van der Waals surface area (Å²) >= 11 is 0. The standard InChI is InChI=1S/C48H58N8O9/c57-41(15-9-35-6-4-20-49-33-35)51-21-2-1-5-34-17-23-55(24-18-34)46(61)36-10-12-37(13-11-36)53-25-27-54(28-26-53)43(59)19-29-64-31-32-65-30-22-50-39-8-3-7-38-44(39)48(63)56(47(38)62)40-14-16-42(58)52-45(40)60/h3-4,6-13,15,20,33-34,40,50H,1-2,5,14,16-19,21-32H2,(H,51,57)(H,52,58,60)/b15-9+. The lowest BCUT2D eigenvalue weighted by Gasteiger charge is -2.36.